The number of para-hydroxylation sites is 2. The van der Waals surface area contributed by atoms with Gasteiger partial charge in [0, 0.05) is 28.4 Å². The van der Waals surface area contributed by atoms with Crippen LogP contribution in [0.5, 0.6) is 5.75 Å². The molecule has 0 aromatic heterocycles. The third-order valence-electron chi connectivity index (χ3n) is 5.10. The molecule has 5 N–H and O–H groups in total. The Morgan fingerprint density at radius 1 is 1.14 bits per heavy atom. The van der Waals surface area contributed by atoms with E-state index in [0.717, 1.165) is 0 Å². The zero-order chi connectivity index (χ0) is 26.8. The minimum Gasteiger partial charge on any atom is -0.508 e. The van der Waals surface area contributed by atoms with Crippen LogP contribution < -0.4 is 16.4 Å². The predicted octanol–water partition coefficient (Wildman–Crippen LogP) is 5.50. The van der Waals surface area contributed by atoms with E-state index in [0.29, 0.717) is 27.1 Å². The molecule has 0 aliphatic rings. The minimum atomic E-state index is -1.12. The Balaban J connectivity index is 1.86. The second-order valence-corrected chi connectivity index (χ2v) is 8.61. The number of anilines is 3. The van der Waals surface area contributed by atoms with Crippen molar-refractivity contribution >= 4 is 45.0 Å². The summed E-state index contributed by atoms with van der Waals surface area (Å²) < 4.78 is 12.1. The maximum atomic E-state index is 12.8. The normalized spacial score (nSPS) is 12.4. The van der Waals surface area contributed by atoms with Crippen LogP contribution in [-0.2, 0) is 14.3 Å². The second kappa shape index (κ2) is 13.1. The lowest BCUT2D eigenvalue weighted by atomic mass is 10.0. The van der Waals surface area contributed by atoms with Crippen LogP contribution in [-0.4, -0.2) is 29.8 Å². The fraction of sp³-hybridized carbons (Fsp3) is 0.148. The number of carbonyl (C=O) groups excluding carboxylic acids is 2. The van der Waals surface area contributed by atoms with Gasteiger partial charge in [-0.1, -0.05) is 28.1 Å². The topological polar surface area (TPSA) is 147 Å². The van der Waals surface area contributed by atoms with Crippen molar-refractivity contribution in [3.8, 4) is 11.8 Å². The Hall–Kier alpha value is -4.33. The molecule has 0 saturated carbocycles. The fourth-order valence-electron chi connectivity index (χ4n) is 3.36. The molecule has 37 heavy (non-hydrogen) atoms. The average molecular weight is 565 g/mol. The van der Waals surface area contributed by atoms with E-state index in [1.807, 2.05) is 6.07 Å². The Morgan fingerprint density at radius 2 is 1.86 bits per heavy atom. The number of hydrogen-bond acceptors (Lipinski definition) is 7. The lowest BCUT2D eigenvalue weighted by Gasteiger charge is -2.26. The molecule has 0 unspecified atom stereocenters. The fourth-order valence-corrected chi connectivity index (χ4v) is 3.73. The first-order chi connectivity index (χ1) is 17.8. The number of amides is 2. The van der Waals surface area contributed by atoms with Crippen LogP contribution in [0.2, 0.25) is 0 Å². The van der Waals surface area contributed by atoms with Crippen molar-refractivity contribution in [3.05, 3.63) is 94.5 Å². The van der Waals surface area contributed by atoms with Gasteiger partial charge in [-0.25, -0.2) is 4.79 Å². The van der Waals surface area contributed by atoms with Gasteiger partial charge in [-0.15, -0.1) is 0 Å². The Bertz CT molecular complexity index is 1320. The van der Waals surface area contributed by atoms with Gasteiger partial charge in [-0.3, -0.25) is 10.1 Å². The molecule has 0 bridgehead atoms. The van der Waals surface area contributed by atoms with Gasteiger partial charge in [-0.2, -0.15) is 5.26 Å². The molecular weight excluding hydrogens is 540 g/mol. The third-order valence-corrected chi connectivity index (χ3v) is 5.60. The highest BCUT2D eigenvalue weighted by Crippen LogP contribution is 2.34. The van der Waals surface area contributed by atoms with Gasteiger partial charge >= 0.3 is 6.09 Å². The summed E-state index contributed by atoms with van der Waals surface area (Å²) >= 11 is 3.36. The molecule has 0 spiro atoms. The molecule has 3 rings (SSSR count). The summed E-state index contributed by atoms with van der Waals surface area (Å²) in [5.41, 5.74) is 7.85. The van der Waals surface area contributed by atoms with Gasteiger partial charge in [0.15, 0.2) is 6.10 Å². The third kappa shape index (κ3) is 7.83. The van der Waals surface area contributed by atoms with Crippen molar-refractivity contribution in [2.75, 3.05) is 23.0 Å². The molecule has 2 amide bonds. The van der Waals surface area contributed by atoms with E-state index in [4.69, 9.17) is 20.5 Å². The molecule has 0 saturated heterocycles. The maximum Gasteiger partial charge on any atom is 0.412 e. The number of nitrogens with two attached hydrogens (primary N) is 1. The molecule has 3 aromatic carbocycles. The highest BCUT2D eigenvalue weighted by Gasteiger charge is 2.29. The Morgan fingerprint density at radius 3 is 2.54 bits per heavy atom. The summed E-state index contributed by atoms with van der Waals surface area (Å²) in [6.07, 6.45) is -0.194. The number of nitriles is 1. The molecule has 190 valence electrons. The molecule has 3 aromatic rings. The number of hydrogen-bond donors (Lipinski definition) is 4. The minimum absolute atomic E-state index is 0.126. The van der Waals surface area contributed by atoms with Gasteiger partial charge in [0.2, 0.25) is 5.91 Å². The molecule has 9 nitrogen and oxygen atoms in total. The molecule has 0 aliphatic carbocycles. The molecule has 0 heterocycles. The van der Waals surface area contributed by atoms with Crippen molar-refractivity contribution < 1.29 is 24.2 Å². The Kier molecular flexibility index (Phi) is 9.66. The van der Waals surface area contributed by atoms with Crippen molar-refractivity contribution in [1.82, 2.24) is 0 Å². The summed E-state index contributed by atoms with van der Waals surface area (Å²) in [6, 6.07) is 19.7. The maximum absolute atomic E-state index is 12.8. The number of benzene rings is 3. The molecule has 10 heteroatoms. The molecule has 0 aliphatic heterocycles. The lowest BCUT2D eigenvalue weighted by molar-refractivity contribution is -0.112. The number of nitrogen functional groups attached to an aromatic ring is 1. The van der Waals surface area contributed by atoms with Gasteiger partial charge in [-0.05, 0) is 67.6 Å². The van der Waals surface area contributed by atoms with Crippen LogP contribution in [0.1, 0.15) is 24.2 Å². The zero-order valence-electron chi connectivity index (χ0n) is 19.9. The largest absolute Gasteiger partial charge is 0.508 e. The van der Waals surface area contributed by atoms with Crippen LogP contribution in [0, 0.1) is 11.3 Å². The molecular formula is C27H25BrN4O5. The average Bonchev–Trinajstić information content (AvgIpc) is 2.88. The van der Waals surface area contributed by atoms with E-state index < -0.39 is 24.2 Å². The number of carbonyl (C=O) groups is 2. The first-order valence-electron chi connectivity index (χ1n) is 11.2. The first-order valence-corrected chi connectivity index (χ1v) is 12.0. The van der Waals surface area contributed by atoms with Crippen LogP contribution in [0.3, 0.4) is 0 Å². The van der Waals surface area contributed by atoms with E-state index >= 15 is 0 Å². The van der Waals surface area contributed by atoms with Gasteiger partial charge in [0.25, 0.3) is 0 Å². The van der Waals surface area contributed by atoms with Crippen molar-refractivity contribution in [2.45, 2.75) is 19.1 Å². The number of rotatable bonds is 9. The van der Waals surface area contributed by atoms with Crippen molar-refractivity contribution in [2.24, 2.45) is 0 Å². The smallest absolute Gasteiger partial charge is 0.412 e. The summed E-state index contributed by atoms with van der Waals surface area (Å²) in [6.45, 7) is 1.98. The highest BCUT2D eigenvalue weighted by molar-refractivity contribution is 9.10. The van der Waals surface area contributed by atoms with Crippen molar-refractivity contribution in [1.29, 1.82) is 5.26 Å². The number of phenols is 1. The molecule has 0 radical (unpaired) electrons. The molecule has 2 atom stereocenters. The molecule has 0 fully saturated rings. The highest BCUT2D eigenvalue weighted by atomic mass is 79.9. The van der Waals surface area contributed by atoms with Gasteiger partial charge in [0.1, 0.15) is 11.9 Å². The van der Waals surface area contributed by atoms with Crippen molar-refractivity contribution in [3.63, 3.8) is 0 Å². The number of phenolic OH excluding ortho intramolecular Hbond substituents is 1. The van der Waals surface area contributed by atoms with E-state index in [2.05, 4.69) is 26.6 Å². The zero-order valence-corrected chi connectivity index (χ0v) is 21.4. The van der Waals surface area contributed by atoms with Gasteiger partial charge < -0.3 is 25.6 Å². The van der Waals surface area contributed by atoms with E-state index in [9.17, 15) is 14.7 Å². The standard InChI is InChI=1S/C27H25BrN4O5/c1-2-36-24(13-14-25(34)32-22-6-4-3-5-21(22)30)26(20-15-18(28)9-12-23(20)33)37-27(35)31-19-10-7-17(16-29)8-11-19/h3-15,24,26,33H,2,30H2,1H3,(H,31,35)(H,32,34)/b14-13+/t24-,26-/m0/s1. The van der Waals surface area contributed by atoms with E-state index in [1.54, 1.807) is 67.6 Å². The quantitative estimate of drug-likeness (QED) is 0.198. The predicted molar refractivity (Wildman–Crippen MR) is 144 cm³/mol. The van der Waals surface area contributed by atoms with E-state index in [-0.39, 0.29) is 17.9 Å². The van der Waals surface area contributed by atoms with Crippen LogP contribution in [0.4, 0.5) is 21.9 Å². The van der Waals surface area contributed by atoms with Crippen LogP contribution in [0.25, 0.3) is 0 Å². The number of aromatic hydroxyl groups is 1. The monoisotopic (exact) mass is 564 g/mol. The first kappa shape index (κ1) is 27.3. The SMILES string of the molecule is CCO[C@@H](/C=C/C(=O)Nc1ccccc1N)[C@@H](OC(=O)Nc1ccc(C#N)cc1)c1cc(Br)ccc1O. The van der Waals surface area contributed by atoms with Gasteiger partial charge in [0.05, 0.1) is 23.0 Å². The summed E-state index contributed by atoms with van der Waals surface area (Å²) in [5, 5.41) is 24.8. The number of halogens is 1. The van der Waals surface area contributed by atoms with Crippen LogP contribution >= 0.6 is 15.9 Å². The Labute approximate surface area is 222 Å². The van der Waals surface area contributed by atoms with E-state index in [1.165, 1.54) is 18.2 Å². The summed E-state index contributed by atoms with van der Waals surface area (Å²) in [7, 11) is 0. The number of nitrogens with one attached hydrogen (secondary N) is 2. The van der Waals surface area contributed by atoms with Crippen LogP contribution in [0.15, 0.2) is 83.4 Å². The summed E-state index contributed by atoms with van der Waals surface area (Å²) in [5.74, 6) is -0.596. The summed E-state index contributed by atoms with van der Waals surface area (Å²) in [4.78, 5) is 25.4. The second-order valence-electron chi connectivity index (χ2n) is 7.70. The number of nitrogens with zero attached hydrogens (tertiary/aromatic N) is 1. The number of ether oxygens (including phenoxy) is 2. The lowest BCUT2D eigenvalue weighted by Crippen LogP contribution is -2.28.